The summed E-state index contributed by atoms with van der Waals surface area (Å²) in [5.74, 6) is 0.658. The predicted octanol–water partition coefficient (Wildman–Crippen LogP) is 19.9. The number of rotatable bonds is 10. The summed E-state index contributed by atoms with van der Waals surface area (Å²) >= 11 is 0. The quantitative estimate of drug-likeness (QED) is 0.125. The molecule has 0 radical (unpaired) electrons. The van der Waals surface area contributed by atoms with Gasteiger partial charge in [-0.3, -0.25) is 9.13 Å². The van der Waals surface area contributed by atoms with Crippen molar-refractivity contribution in [3.05, 3.63) is 301 Å². The van der Waals surface area contributed by atoms with E-state index in [1.807, 2.05) is 155 Å². The molecule has 0 aliphatic heterocycles. The van der Waals surface area contributed by atoms with Crippen LogP contribution in [-0.4, -0.2) is 29.1 Å². The van der Waals surface area contributed by atoms with Crippen LogP contribution in [0.15, 0.2) is 272 Å². The average molecular weight is 1260 g/mol. The summed E-state index contributed by atoms with van der Waals surface area (Å²) in [6, 6.07) is 92.3. The van der Waals surface area contributed by atoms with Crippen LogP contribution in [0.2, 0.25) is 0 Å². The van der Waals surface area contributed by atoms with Gasteiger partial charge in [0.15, 0.2) is 0 Å². The smallest absolute Gasteiger partial charge is 0.234 e. The molecule has 0 atom stereocenters. The van der Waals surface area contributed by atoms with Gasteiger partial charge in [0.05, 0.1) is 91.9 Å². The first kappa shape index (κ1) is 58.0. The molecule has 13 nitrogen and oxygen atoms in total. The Labute approximate surface area is 565 Å². The van der Waals surface area contributed by atoms with Crippen LogP contribution in [0, 0.1) is 68.0 Å². The Morgan fingerprint density at radius 2 is 0.515 bits per heavy atom. The first-order valence-electron chi connectivity index (χ1n) is 31.7. The lowest BCUT2D eigenvalue weighted by Gasteiger charge is -2.25. The summed E-state index contributed by atoms with van der Waals surface area (Å²) in [6.07, 6.45) is 6.79. The van der Waals surface area contributed by atoms with Crippen LogP contribution in [-0.2, 0) is 0 Å². The molecule has 5 heterocycles. The molecular weight excluding hydrogens is 1220 g/mol. The third-order valence-electron chi connectivity index (χ3n) is 18.5. The summed E-state index contributed by atoms with van der Waals surface area (Å²) in [6.45, 7) is 0. The van der Waals surface area contributed by atoms with Gasteiger partial charge in [-0.1, -0.05) is 194 Å². The topological polar surface area (TPSA) is 217 Å². The van der Waals surface area contributed by atoms with Crippen molar-refractivity contribution in [1.29, 1.82) is 31.6 Å². The highest BCUT2D eigenvalue weighted by molar-refractivity contribution is 6.32. The molecule has 99 heavy (non-hydrogen) atoms. The maximum Gasteiger partial charge on any atom is 0.234 e. The molecule has 5 aromatic heterocycles. The Morgan fingerprint density at radius 3 is 0.848 bits per heavy atom. The number of hydrogen-bond acceptors (Lipinski definition) is 11. The van der Waals surface area contributed by atoms with Gasteiger partial charge in [-0.15, -0.1) is 0 Å². The van der Waals surface area contributed by atoms with Crippen LogP contribution >= 0.6 is 0 Å². The fourth-order valence-corrected chi connectivity index (χ4v) is 14.6. The molecule has 0 bridgehead atoms. The van der Waals surface area contributed by atoms with Gasteiger partial charge in [0.2, 0.25) is 11.9 Å². The molecule has 13 heteroatoms. The third kappa shape index (κ3) is 9.11. The Balaban J connectivity index is 1.16. The molecule has 12 aromatic carbocycles. The molecule has 0 amide bonds. The molecule has 17 rings (SSSR count). The number of para-hydroxylation sites is 4. The summed E-state index contributed by atoms with van der Waals surface area (Å²) in [4.78, 5) is 21.2. The second kappa shape index (κ2) is 23.6. The van der Waals surface area contributed by atoms with E-state index in [-0.39, 0.29) is 66.8 Å². The van der Waals surface area contributed by atoms with E-state index in [9.17, 15) is 31.6 Å². The fourth-order valence-electron chi connectivity index (χ4n) is 14.6. The van der Waals surface area contributed by atoms with Gasteiger partial charge in [0.25, 0.3) is 0 Å². The molecule has 17 aromatic rings. The van der Waals surface area contributed by atoms with Gasteiger partial charge in [-0.2, -0.15) is 31.6 Å². The van der Waals surface area contributed by atoms with Crippen molar-refractivity contribution in [3.63, 3.8) is 0 Å². The van der Waals surface area contributed by atoms with Gasteiger partial charge >= 0.3 is 0 Å². The van der Waals surface area contributed by atoms with Gasteiger partial charge in [-0.25, -0.2) is 19.9 Å². The van der Waals surface area contributed by atoms with Gasteiger partial charge < -0.3 is 4.42 Å². The third-order valence-corrected chi connectivity index (χ3v) is 18.5. The van der Waals surface area contributed by atoms with E-state index in [1.54, 1.807) is 24.8 Å². The zero-order chi connectivity index (χ0) is 66.8. The molecule has 0 spiro atoms. The molecule has 0 unspecified atom stereocenters. The highest BCUT2D eigenvalue weighted by atomic mass is 16.3. The summed E-state index contributed by atoms with van der Waals surface area (Å²) < 4.78 is 12.1. The largest absolute Gasteiger partial charge is 0.455 e. The first-order chi connectivity index (χ1) is 48.9. The molecule has 0 fully saturated rings. The lowest BCUT2D eigenvalue weighted by molar-refractivity contribution is 0.671. The number of furan rings is 1. The SMILES string of the molecule is N#Cc1cc(C#N)c(-c2c(-c3c(C#N)cc(C#N)cc3C#N)c(-c3cnc(-n4c5ccccc5c5ccccc54)nc3)c3c(oc4c(-c5ccccc5)c(-c5ccccc5)c(-c5ccccc5)c(-c5ccccc5)c43)c2-c2cnc(-n3c4ccccc4c4ccccc43)nc2)c(C#N)c1. The normalized spacial score (nSPS) is 11.2. The summed E-state index contributed by atoms with van der Waals surface area (Å²) in [5, 5.41) is 73.5. The van der Waals surface area contributed by atoms with Crippen LogP contribution in [0.5, 0.6) is 0 Å². The van der Waals surface area contributed by atoms with E-state index in [4.69, 9.17) is 24.4 Å². The Kier molecular flexibility index (Phi) is 13.8. The van der Waals surface area contributed by atoms with Crippen molar-refractivity contribution in [2.24, 2.45) is 0 Å². The molecule has 454 valence electrons. The van der Waals surface area contributed by atoms with E-state index in [0.717, 1.165) is 82.6 Å². The molecule has 0 N–H and O–H groups in total. The molecule has 0 aliphatic carbocycles. The second-order valence-corrected chi connectivity index (χ2v) is 23.8. The molecule has 0 aliphatic rings. The standard InChI is InChI=1S/C86H44N12O/c87-41-51-37-57(43-89)71(58(38-51)44-90)79-76(61-47-93-85(94-48-61)97-67-33-17-13-29-63(67)64-30-14-18-34-68(64)97)82-81-75(55-25-9-3-10-26-55)73(53-21-5-1-6-22-53)74(54-23-7-2-8-24-54)77(56-27-11-4-12-28-56)83(81)99-84(82)78(80(79)72-59(45-91)39-52(42-88)40-60(72)46-92)62-49-95-86(96-50-62)98-69-35-19-15-31-65(69)66-32-16-20-36-70(66)98/h1-40,47-50H. The van der Waals surface area contributed by atoms with Crippen molar-refractivity contribution < 1.29 is 4.42 Å². The minimum atomic E-state index is -0.0892. The Bertz CT molecular complexity index is 6330. The lowest BCUT2D eigenvalue weighted by atomic mass is 9.75. The van der Waals surface area contributed by atoms with E-state index >= 15 is 0 Å². The number of fused-ring (bicyclic) bond motifs is 9. The van der Waals surface area contributed by atoms with E-state index in [1.165, 1.54) is 24.3 Å². The van der Waals surface area contributed by atoms with Crippen LogP contribution in [0.1, 0.15) is 33.4 Å². The number of nitriles is 6. The van der Waals surface area contributed by atoms with Crippen LogP contribution in [0.4, 0.5) is 0 Å². The van der Waals surface area contributed by atoms with Crippen LogP contribution < -0.4 is 0 Å². The highest BCUT2D eigenvalue weighted by Crippen LogP contribution is 2.60. The first-order valence-corrected chi connectivity index (χ1v) is 31.7. The van der Waals surface area contributed by atoms with Crippen molar-refractivity contribution in [2.45, 2.75) is 0 Å². The second-order valence-electron chi connectivity index (χ2n) is 23.8. The zero-order valence-corrected chi connectivity index (χ0v) is 52.2. The van der Waals surface area contributed by atoms with Crippen LogP contribution in [0.25, 0.3) is 166 Å². The number of benzene rings is 12. The monoisotopic (exact) mass is 1260 g/mol. The number of aromatic nitrogens is 6. The van der Waals surface area contributed by atoms with Crippen molar-refractivity contribution in [2.75, 3.05) is 0 Å². The van der Waals surface area contributed by atoms with Gasteiger partial charge in [0, 0.05) is 118 Å². The number of nitrogens with zero attached hydrogens (tertiary/aromatic N) is 12. The van der Waals surface area contributed by atoms with Crippen molar-refractivity contribution in [1.82, 2.24) is 29.1 Å². The zero-order valence-electron chi connectivity index (χ0n) is 52.2. The summed E-state index contributed by atoms with van der Waals surface area (Å²) in [5.41, 5.74) is 12.0. The van der Waals surface area contributed by atoms with Crippen molar-refractivity contribution in [3.8, 4) is 137 Å². The number of hydrogen-bond donors (Lipinski definition) is 0. The van der Waals surface area contributed by atoms with Gasteiger partial charge in [0.1, 0.15) is 11.2 Å². The van der Waals surface area contributed by atoms with Crippen LogP contribution in [0.3, 0.4) is 0 Å². The van der Waals surface area contributed by atoms with E-state index in [0.29, 0.717) is 50.5 Å². The molecular formula is C86H44N12O. The highest BCUT2D eigenvalue weighted by Gasteiger charge is 2.37. The minimum Gasteiger partial charge on any atom is -0.455 e. The molecule has 0 saturated carbocycles. The van der Waals surface area contributed by atoms with Gasteiger partial charge in [-0.05, 0) is 76.3 Å². The van der Waals surface area contributed by atoms with Crippen molar-refractivity contribution >= 4 is 65.6 Å². The minimum absolute atomic E-state index is 0.0311. The summed E-state index contributed by atoms with van der Waals surface area (Å²) in [7, 11) is 0. The fraction of sp³-hybridized carbons (Fsp3) is 0. The average Bonchev–Trinajstić information content (AvgIpc) is 1.60. The van der Waals surface area contributed by atoms with E-state index in [2.05, 4.69) is 109 Å². The predicted molar refractivity (Wildman–Crippen MR) is 385 cm³/mol. The molecule has 0 saturated heterocycles. The maximum absolute atomic E-state index is 11.8. The Hall–Kier alpha value is -14.9. The maximum atomic E-state index is 11.8. The van der Waals surface area contributed by atoms with E-state index < -0.39 is 0 Å². The lowest BCUT2D eigenvalue weighted by Crippen LogP contribution is -2.05. The Morgan fingerprint density at radius 1 is 0.253 bits per heavy atom.